The highest BCUT2D eigenvalue weighted by Gasteiger charge is 2.08. The fourth-order valence-electron chi connectivity index (χ4n) is 1.48. The van der Waals surface area contributed by atoms with Crippen LogP contribution in [0, 0.1) is 0 Å². The van der Waals surface area contributed by atoms with Gasteiger partial charge in [-0.1, -0.05) is 40.2 Å². The Bertz CT molecular complexity index is 625. The van der Waals surface area contributed by atoms with E-state index in [1.165, 1.54) is 17.6 Å². The number of nitrogens with one attached hydrogen (secondary N) is 1. The minimum Gasteiger partial charge on any atom is -0.391 e. The van der Waals surface area contributed by atoms with E-state index >= 15 is 0 Å². The van der Waals surface area contributed by atoms with Gasteiger partial charge in [0.25, 0.3) is 0 Å². The van der Waals surface area contributed by atoms with Crippen molar-refractivity contribution in [1.82, 2.24) is 4.98 Å². The smallest absolute Gasteiger partial charge is 0.183 e. The molecule has 0 saturated carbocycles. The summed E-state index contributed by atoms with van der Waals surface area (Å²) in [7, 11) is 1.76. The lowest BCUT2D eigenvalue weighted by atomic mass is 10.2. The van der Waals surface area contributed by atoms with E-state index in [9.17, 15) is 4.79 Å². The molecule has 5 nitrogen and oxygen atoms in total. The summed E-state index contributed by atoms with van der Waals surface area (Å²) in [5.41, 5.74) is 0.962. The maximum atomic E-state index is 11.8. The highest BCUT2D eigenvalue weighted by molar-refractivity contribution is 7.17. The van der Waals surface area contributed by atoms with Gasteiger partial charge in [-0.15, -0.1) is 0 Å². The van der Waals surface area contributed by atoms with Gasteiger partial charge in [0.05, 0.1) is 23.7 Å². The first kappa shape index (κ1) is 15.5. The number of carbonyl (C=O) groups excluding carboxylic acids is 1. The summed E-state index contributed by atoms with van der Waals surface area (Å²) in [4.78, 5) is 21.6. The molecule has 110 valence electrons. The number of carbonyl (C=O) groups is 1. The zero-order valence-corrected chi connectivity index (χ0v) is 12.9. The second kappa shape index (κ2) is 7.75. The molecule has 0 fully saturated rings. The highest BCUT2D eigenvalue weighted by Crippen LogP contribution is 2.18. The Morgan fingerprint density at radius 2 is 2.24 bits per heavy atom. The van der Waals surface area contributed by atoms with Crippen molar-refractivity contribution in [2.45, 2.75) is 13.0 Å². The van der Waals surface area contributed by atoms with E-state index in [2.05, 4.69) is 15.5 Å². The Kier molecular flexibility index (Phi) is 5.71. The molecule has 0 unspecified atom stereocenters. The molecule has 0 saturated heterocycles. The zero-order chi connectivity index (χ0) is 15.1. The maximum absolute atomic E-state index is 11.8. The van der Waals surface area contributed by atoms with Gasteiger partial charge in [0.2, 0.25) is 0 Å². The minimum absolute atomic E-state index is 0.0344. The van der Waals surface area contributed by atoms with Crippen LogP contribution < -0.4 is 5.32 Å². The van der Waals surface area contributed by atoms with Gasteiger partial charge in [-0.3, -0.25) is 4.79 Å². The molecule has 7 heteroatoms. The molecule has 0 radical (unpaired) electrons. The van der Waals surface area contributed by atoms with E-state index in [0.717, 1.165) is 5.56 Å². The van der Waals surface area contributed by atoms with Crippen LogP contribution in [0.4, 0.5) is 5.13 Å². The van der Waals surface area contributed by atoms with Crippen molar-refractivity contribution in [2.24, 2.45) is 5.16 Å². The number of thiazole rings is 1. The molecule has 1 N–H and O–H groups in total. The van der Waals surface area contributed by atoms with Gasteiger partial charge in [0, 0.05) is 12.1 Å². The summed E-state index contributed by atoms with van der Waals surface area (Å²) >= 11 is 7.10. The molecule has 1 heterocycles. The predicted molar refractivity (Wildman–Crippen MR) is 85.3 cm³/mol. The number of halogens is 1. The Morgan fingerprint density at radius 1 is 1.48 bits per heavy atom. The number of anilines is 1. The van der Waals surface area contributed by atoms with Gasteiger partial charge in [0.1, 0.15) is 6.61 Å². The number of nitrogens with zero attached hydrogens (tertiary/aromatic N) is 2. The van der Waals surface area contributed by atoms with Crippen molar-refractivity contribution in [3.63, 3.8) is 0 Å². The van der Waals surface area contributed by atoms with Gasteiger partial charge in [-0.25, -0.2) is 4.98 Å². The van der Waals surface area contributed by atoms with Crippen molar-refractivity contribution in [2.75, 3.05) is 12.4 Å². The topological polar surface area (TPSA) is 63.6 Å². The van der Waals surface area contributed by atoms with E-state index in [4.69, 9.17) is 16.4 Å². The van der Waals surface area contributed by atoms with Crippen LogP contribution >= 0.6 is 22.9 Å². The van der Waals surface area contributed by atoms with Crippen LogP contribution in [0.3, 0.4) is 0 Å². The molecule has 1 aromatic carbocycles. The average Bonchev–Trinajstić information content (AvgIpc) is 2.98. The van der Waals surface area contributed by atoms with E-state index in [0.29, 0.717) is 21.6 Å². The van der Waals surface area contributed by atoms with Crippen LogP contribution in [-0.4, -0.2) is 24.0 Å². The second-order valence-corrected chi connectivity index (χ2v) is 5.56. The van der Waals surface area contributed by atoms with Gasteiger partial charge in [-0.05, 0) is 17.7 Å². The molecule has 2 aromatic rings. The van der Waals surface area contributed by atoms with Crippen LogP contribution in [-0.2, 0) is 11.4 Å². The molecule has 0 aliphatic rings. The molecule has 0 atom stereocenters. The highest BCUT2D eigenvalue weighted by atomic mass is 35.5. The van der Waals surface area contributed by atoms with E-state index in [1.807, 2.05) is 12.1 Å². The molecule has 21 heavy (non-hydrogen) atoms. The predicted octanol–water partition coefficient (Wildman–Crippen LogP) is 3.61. The Hall–Kier alpha value is -1.92. The van der Waals surface area contributed by atoms with Crippen LogP contribution in [0.1, 0.15) is 21.7 Å². The fraction of sp³-hybridized carbons (Fsp3) is 0.214. The number of aromatic nitrogens is 1. The summed E-state index contributed by atoms with van der Waals surface area (Å²) in [6.07, 6.45) is 3.20. The summed E-state index contributed by atoms with van der Waals surface area (Å²) in [6, 6.07) is 7.30. The van der Waals surface area contributed by atoms with E-state index in [-0.39, 0.29) is 12.2 Å². The SMILES string of the molecule is CNc1ncc(C(=O)C/C=N\OCc2ccc(Cl)cc2)s1. The van der Waals surface area contributed by atoms with Gasteiger partial charge in [0.15, 0.2) is 10.9 Å². The lowest BCUT2D eigenvalue weighted by Gasteiger charge is -1.99. The number of rotatable bonds is 7. The molecule has 0 amide bonds. The van der Waals surface area contributed by atoms with Crippen LogP contribution in [0.25, 0.3) is 0 Å². The lowest BCUT2D eigenvalue weighted by Crippen LogP contribution is -1.97. The molecule has 1 aromatic heterocycles. The first-order valence-corrected chi connectivity index (χ1v) is 7.43. The number of Topliss-reactive ketones (excluding diaryl/α,β-unsaturated/α-hetero) is 1. The van der Waals surface area contributed by atoms with Crippen LogP contribution in [0.2, 0.25) is 5.02 Å². The Labute approximate surface area is 131 Å². The molecule has 2 rings (SSSR count). The van der Waals surface area contributed by atoms with Crippen LogP contribution in [0.5, 0.6) is 0 Å². The molecule has 0 aliphatic carbocycles. The number of ketones is 1. The average molecular weight is 324 g/mol. The normalized spacial score (nSPS) is 10.8. The second-order valence-electron chi connectivity index (χ2n) is 4.09. The number of oxime groups is 1. The Morgan fingerprint density at radius 3 is 2.90 bits per heavy atom. The molecular weight excluding hydrogens is 310 g/mol. The number of hydrogen-bond acceptors (Lipinski definition) is 6. The summed E-state index contributed by atoms with van der Waals surface area (Å²) in [6.45, 7) is 0.340. The van der Waals surface area contributed by atoms with Gasteiger partial charge in [-0.2, -0.15) is 0 Å². The molecule has 0 aliphatic heterocycles. The third kappa shape index (κ3) is 4.84. The van der Waals surface area contributed by atoms with Gasteiger partial charge < -0.3 is 10.2 Å². The minimum atomic E-state index is -0.0344. The number of benzene rings is 1. The molecule has 0 spiro atoms. The van der Waals surface area contributed by atoms with Crippen molar-refractivity contribution >= 4 is 40.1 Å². The first-order valence-electron chi connectivity index (χ1n) is 6.24. The third-order valence-electron chi connectivity index (χ3n) is 2.56. The van der Waals surface area contributed by atoms with E-state index in [1.54, 1.807) is 25.4 Å². The van der Waals surface area contributed by atoms with E-state index < -0.39 is 0 Å². The Balaban J connectivity index is 1.74. The maximum Gasteiger partial charge on any atom is 0.183 e. The van der Waals surface area contributed by atoms with Gasteiger partial charge >= 0.3 is 0 Å². The summed E-state index contributed by atoms with van der Waals surface area (Å²) in [5, 5.41) is 8.06. The molecular formula is C14H14ClN3O2S. The fourth-order valence-corrected chi connectivity index (χ4v) is 2.33. The standard InChI is InChI=1S/C14H14ClN3O2S/c1-16-14-17-8-13(21-14)12(19)6-7-18-20-9-10-2-4-11(15)5-3-10/h2-5,7-8H,6,9H2,1H3,(H,16,17)/b18-7-. The largest absolute Gasteiger partial charge is 0.391 e. The van der Waals surface area contributed by atoms with Crippen LogP contribution in [0.15, 0.2) is 35.6 Å². The van der Waals surface area contributed by atoms with Crippen molar-refractivity contribution in [1.29, 1.82) is 0 Å². The first-order chi connectivity index (χ1) is 10.2. The lowest BCUT2D eigenvalue weighted by molar-refractivity contribution is 0.1000. The van der Waals surface area contributed by atoms with Crippen molar-refractivity contribution in [3.05, 3.63) is 45.9 Å². The third-order valence-corrected chi connectivity index (χ3v) is 3.87. The summed E-state index contributed by atoms with van der Waals surface area (Å²) < 4.78 is 0. The number of hydrogen-bond donors (Lipinski definition) is 1. The quantitative estimate of drug-likeness (QED) is 0.480. The zero-order valence-electron chi connectivity index (χ0n) is 11.4. The molecule has 0 bridgehead atoms. The summed E-state index contributed by atoms with van der Waals surface area (Å²) in [5.74, 6) is -0.0344. The van der Waals surface area contributed by atoms with Crippen molar-refractivity contribution in [3.8, 4) is 0 Å². The van der Waals surface area contributed by atoms with Crippen molar-refractivity contribution < 1.29 is 9.63 Å². The monoisotopic (exact) mass is 323 g/mol.